The van der Waals surface area contributed by atoms with Crippen LogP contribution in [0.15, 0.2) is 27.8 Å². The number of hydrogen-bond acceptors (Lipinski definition) is 4. The Morgan fingerprint density at radius 2 is 2.04 bits per heavy atom. The molecule has 2 fully saturated rings. The van der Waals surface area contributed by atoms with Gasteiger partial charge in [0.2, 0.25) is 0 Å². The molecule has 6 nitrogen and oxygen atoms in total. The number of furan rings is 1. The number of rotatable bonds is 5. The molecule has 0 aliphatic carbocycles. The van der Waals surface area contributed by atoms with Gasteiger partial charge in [0.15, 0.2) is 5.96 Å². The first-order chi connectivity index (χ1) is 11.7. The first-order valence-electron chi connectivity index (χ1n) is 9.00. The summed E-state index contributed by atoms with van der Waals surface area (Å²) >= 11 is 0. The van der Waals surface area contributed by atoms with E-state index < -0.39 is 0 Å². The molecule has 0 spiro atoms. The molecule has 0 bridgehead atoms. The second-order valence-corrected chi connectivity index (χ2v) is 6.87. The minimum absolute atomic E-state index is 0. The van der Waals surface area contributed by atoms with Crippen molar-refractivity contribution in [1.82, 2.24) is 15.1 Å². The fourth-order valence-corrected chi connectivity index (χ4v) is 3.89. The molecule has 142 valence electrons. The second-order valence-electron chi connectivity index (χ2n) is 6.87. The second kappa shape index (κ2) is 9.78. The number of ether oxygens (including phenoxy) is 1. The SMILES string of the molecule is CN=C(NCC1(N2CCCC2)CCOCC1)N(C)Cc1ccco1.I. The third kappa shape index (κ3) is 5.10. The normalized spacial score (nSPS) is 21.0. The number of aliphatic imine (C=N–C) groups is 1. The van der Waals surface area contributed by atoms with E-state index >= 15 is 0 Å². The van der Waals surface area contributed by atoms with Crippen LogP contribution in [-0.2, 0) is 11.3 Å². The first-order valence-corrected chi connectivity index (χ1v) is 9.00. The Morgan fingerprint density at radius 1 is 1.32 bits per heavy atom. The fourth-order valence-electron chi connectivity index (χ4n) is 3.89. The molecule has 2 saturated heterocycles. The summed E-state index contributed by atoms with van der Waals surface area (Å²) in [6, 6.07) is 3.91. The highest BCUT2D eigenvalue weighted by molar-refractivity contribution is 14.0. The van der Waals surface area contributed by atoms with E-state index in [0.717, 1.165) is 44.3 Å². The monoisotopic (exact) mass is 462 g/mol. The van der Waals surface area contributed by atoms with Crippen molar-refractivity contribution in [2.45, 2.75) is 37.8 Å². The average Bonchev–Trinajstić information content (AvgIpc) is 3.30. The molecule has 3 heterocycles. The standard InChI is InChI=1S/C18H30N4O2.HI/c1-19-17(21(2)14-16-6-5-11-24-16)20-15-18(7-12-23-13-8-18)22-9-3-4-10-22;/h5-6,11H,3-4,7-10,12-15H2,1-2H3,(H,19,20);1H. The Balaban J connectivity index is 0.00000225. The van der Waals surface area contributed by atoms with Crippen LogP contribution in [0.25, 0.3) is 0 Å². The molecule has 0 atom stereocenters. The number of guanidine groups is 1. The number of halogens is 1. The summed E-state index contributed by atoms with van der Waals surface area (Å²) in [6.07, 6.45) is 6.53. The summed E-state index contributed by atoms with van der Waals surface area (Å²) in [4.78, 5) is 9.23. The quantitative estimate of drug-likeness (QED) is 0.414. The van der Waals surface area contributed by atoms with Crippen LogP contribution in [0.4, 0.5) is 0 Å². The summed E-state index contributed by atoms with van der Waals surface area (Å²) < 4.78 is 11.1. The Labute approximate surface area is 168 Å². The topological polar surface area (TPSA) is 53.2 Å². The van der Waals surface area contributed by atoms with Crippen LogP contribution in [0.2, 0.25) is 0 Å². The third-order valence-electron chi connectivity index (χ3n) is 5.32. The van der Waals surface area contributed by atoms with Crippen molar-refractivity contribution in [3.8, 4) is 0 Å². The van der Waals surface area contributed by atoms with Gasteiger partial charge in [-0.2, -0.15) is 0 Å². The molecule has 0 amide bonds. The van der Waals surface area contributed by atoms with E-state index in [-0.39, 0.29) is 29.5 Å². The van der Waals surface area contributed by atoms with Crippen molar-refractivity contribution in [2.24, 2.45) is 4.99 Å². The van der Waals surface area contributed by atoms with Crippen LogP contribution in [0, 0.1) is 0 Å². The maximum absolute atomic E-state index is 5.63. The minimum atomic E-state index is 0. The van der Waals surface area contributed by atoms with Crippen LogP contribution in [0.5, 0.6) is 0 Å². The molecule has 1 N–H and O–H groups in total. The fraction of sp³-hybridized carbons (Fsp3) is 0.722. The first kappa shape index (κ1) is 20.5. The zero-order valence-corrected chi connectivity index (χ0v) is 17.7. The van der Waals surface area contributed by atoms with Gasteiger partial charge in [0.25, 0.3) is 0 Å². The number of likely N-dealkylation sites (tertiary alicyclic amines) is 1. The molecular formula is C18H31IN4O2. The predicted octanol–water partition coefficient (Wildman–Crippen LogP) is 2.55. The van der Waals surface area contributed by atoms with Gasteiger partial charge in [-0.1, -0.05) is 0 Å². The zero-order chi connectivity index (χ0) is 16.8. The summed E-state index contributed by atoms with van der Waals surface area (Å²) in [6.45, 7) is 5.78. The average molecular weight is 462 g/mol. The van der Waals surface area contributed by atoms with E-state index in [9.17, 15) is 0 Å². The molecule has 0 unspecified atom stereocenters. The van der Waals surface area contributed by atoms with Gasteiger partial charge in [0.05, 0.1) is 12.8 Å². The molecule has 2 aliphatic heterocycles. The van der Waals surface area contributed by atoms with Gasteiger partial charge in [-0.05, 0) is 50.9 Å². The Bertz CT molecular complexity index is 523. The molecule has 0 saturated carbocycles. The van der Waals surface area contributed by atoms with Crippen molar-refractivity contribution in [1.29, 1.82) is 0 Å². The van der Waals surface area contributed by atoms with Crippen LogP contribution >= 0.6 is 24.0 Å². The highest BCUT2D eigenvalue weighted by atomic mass is 127. The van der Waals surface area contributed by atoms with Gasteiger partial charge in [0.1, 0.15) is 5.76 Å². The zero-order valence-electron chi connectivity index (χ0n) is 15.4. The van der Waals surface area contributed by atoms with Crippen LogP contribution in [-0.4, -0.2) is 68.2 Å². The van der Waals surface area contributed by atoms with E-state index in [1.807, 2.05) is 26.2 Å². The summed E-state index contributed by atoms with van der Waals surface area (Å²) in [5, 5.41) is 3.61. The van der Waals surface area contributed by atoms with Gasteiger partial charge < -0.3 is 19.4 Å². The lowest BCUT2D eigenvalue weighted by Crippen LogP contribution is -2.58. The molecule has 25 heavy (non-hydrogen) atoms. The lowest BCUT2D eigenvalue weighted by molar-refractivity contribution is -0.0166. The lowest BCUT2D eigenvalue weighted by Gasteiger charge is -2.45. The molecule has 0 aromatic carbocycles. The van der Waals surface area contributed by atoms with Crippen molar-refractivity contribution in [3.05, 3.63) is 24.2 Å². The van der Waals surface area contributed by atoms with E-state index in [2.05, 4.69) is 20.1 Å². The molecule has 3 rings (SSSR count). The molecule has 1 aromatic rings. The molecule has 1 aromatic heterocycles. The Morgan fingerprint density at radius 3 is 2.64 bits per heavy atom. The summed E-state index contributed by atoms with van der Waals surface area (Å²) in [5.41, 5.74) is 0.205. The highest BCUT2D eigenvalue weighted by Crippen LogP contribution is 2.30. The van der Waals surface area contributed by atoms with Gasteiger partial charge in [-0.25, -0.2) is 0 Å². The summed E-state index contributed by atoms with van der Waals surface area (Å²) in [7, 11) is 3.89. The Kier molecular flexibility index (Phi) is 8.02. The highest BCUT2D eigenvalue weighted by Gasteiger charge is 2.39. The molecular weight excluding hydrogens is 431 g/mol. The van der Waals surface area contributed by atoms with Crippen molar-refractivity contribution in [3.63, 3.8) is 0 Å². The van der Waals surface area contributed by atoms with Gasteiger partial charge in [-0.15, -0.1) is 24.0 Å². The maximum Gasteiger partial charge on any atom is 0.193 e. The van der Waals surface area contributed by atoms with Crippen molar-refractivity contribution >= 4 is 29.9 Å². The Hall–Kier alpha value is -0.800. The maximum atomic E-state index is 5.63. The smallest absolute Gasteiger partial charge is 0.193 e. The number of nitrogens with one attached hydrogen (secondary N) is 1. The summed E-state index contributed by atoms with van der Waals surface area (Å²) in [5.74, 6) is 1.86. The largest absolute Gasteiger partial charge is 0.467 e. The van der Waals surface area contributed by atoms with Gasteiger partial charge in [-0.3, -0.25) is 9.89 Å². The van der Waals surface area contributed by atoms with Crippen LogP contribution in [0.1, 0.15) is 31.4 Å². The van der Waals surface area contributed by atoms with Gasteiger partial charge >= 0.3 is 0 Å². The molecule has 0 radical (unpaired) electrons. The van der Waals surface area contributed by atoms with Crippen LogP contribution in [0.3, 0.4) is 0 Å². The van der Waals surface area contributed by atoms with Gasteiger partial charge in [0, 0.05) is 39.4 Å². The molecule has 2 aliphatic rings. The van der Waals surface area contributed by atoms with E-state index in [0.29, 0.717) is 6.54 Å². The number of hydrogen-bond donors (Lipinski definition) is 1. The molecule has 7 heteroatoms. The minimum Gasteiger partial charge on any atom is -0.467 e. The third-order valence-corrected chi connectivity index (χ3v) is 5.32. The lowest BCUT2D eigenvalue weighted by atomic mass is 9.88. The predicted molar refractivity (Wildman–Crippen MR) is 111 cm³/mol. The number of nitrogens with zero attached hydrogens (tertiary/aromatic N) is 3. The van der Waals surface area contributed by atoms with Crippen molar-refractivity contribution < 1.29 is 9.15 Å². The van der Waals surface area contributed by atoms with E-state index in [4.69, 9.17) is 9.15 Å². The van der Waals surface area contributed by atoms with E-state index in [1.165, 1.54) is 25.9 Å². The van der Waals surface area contributed by atoms with Crippen molar-refractivity contribution in [2.75, 3.05) is 46.9 Å². The van der Waals surface area contributed by atoms with E-state index in [1.54, 1.807) is 6.26 Å². The van der Waals surface area contributed by atoms with Crippen LogP contribution < -0.4 is 5.32 Å².